The molecular weight excluding hydrogens is 314 g/mol. The van der Waals surface area contributed by atoms with Gasteiger partial charge in [-0.1, -0.05) is 68.3 Å². The van der Waals surface area contributed by atoms with Crippen molar-refractivity contribution in [1.82, 2.24) is 0 Å². The Morgan fingerprint density at radius 3 is 2.65 bits per heavy atom. The zero-order valence-electron chi connectivity index (χ0n) is 17.1. The summed E-state index contributed by atoms with van der Waals surface area (Å²) in [7, 11) is 0. The summed E-state index contributed by atoms with van der Waals surface area (Å²) < 4.78 is 0. The van der Waals surface area contributed by atoms with Crippen LogP contribution in [0.4, 0.5) is 0 Å². The summed E-state index contributed by atoms with van der Waals surface area (Å²) in [6.45, 7) is 14.0. The van der Waals surface area contributed by atoms with Crippen LogP contribution in [0.5, 0.6) is 0 Å². The highest BCUT2D eigenvalue weighted by Gasteiger charge is 2.18. The Morgan fingerprint density at radius 2 is 2.04 bits per heavy atom. The second-order valence-corrected chi connectivity index (χ2v) is 7.53. The Hall–Kier alpha value is -1.86. The Bertz CT molecular complexity index is 730. The van der Waals surface area contributed by atoms with E-state index >= 15 is 0 Å². The third-order valence-corrected chi connectivity index (χ3v) is 5.61. The van der Waals surface area contributed by atoms with Crippen molar-refractivity contribution in [3.8, 4) is 0 Å². The van der Waals surface area contributed by atoms with E-state index in [2.05, 4.69) is 70.7 Å². The van der Waals surface area contributed by atoms with Crippen molar-refractivity contribution >= 4 is 5.57 Å². The number of allylic oxidation sites excluding steroid dienone is 7. The number of hydrogen-bond donors (Lipinski definition) is 1. The summed E-state index contributed by atoms with van der Waals surface area (Å²) in [5, 5.41) is 0. The number of rotatable bonds is 8. The first-order chi connectivity index (χ1) is 12.5. The highest BCUT2D eigenvalue weighted by atomic mass is 14.5. The van der Waals surface area contributed by atoms with E-state index in [1.807, 2.05) is 0 Å². The van der Waals surface area contributed by atoms with Crippen LogP contribution in [-0.4, -0.2) is 0 Å². The van der Waals surface area contributed by atoms with Crippen LogP contribution < -0.4 is 5.73 Å². The second kappa shape index (κ2) is 9.73. The number of nitrogens with two attached hydrogens (primary N) is 1. The fraction of sp³-hybridized carbons (Fsp3) is 0.440. The normalized spacial score (nSPS) is 16.5. The Kier molecular flexibility index (Phi) is 7.66. The molecule has 1 heteroatoms. The van der Waals surface area contributed by atoms with Gasteiger partial charge in [0.25, 0.3) is 0 Å². The zero-order valence-corrected chi connectivity index (χ0v) is 17.1. The van der Waals surface area contributed by atoms with Gasteiger partial charge in [-0.2, -0.15) is 0 Å². The van der Waals surface area contributed by atoms with Crippen molar-refractivity contribution in [3.63, 3.8) is 0 Å². The lowest BCUT2D eigenvalue weighted by atomic mass is 9.80. The van der Waals surface area contributed by atoms with Crippen molar-refractivity contribution in [2.45, 2.75) is 66.3 Å². The first kappa shape index (κ1) is 20.5. The van der Waals surface area contributed by atoms with E-state index in [0.717, 1.165) is 29.0 Å². The third-order valence-electron chi connectivity index (χ3n) is 5.61. The molecule has 2 rings (SSSR count). The minimum Gasteiger partial charge on any atom is -0.326 e. The van der Waals surface area contributed by atoms with E-state index in [-0.39, 0.29) is 0 Å². The molecule has 0 spiro atoms. The predicted molar refractivity (Wildman–Crippen MR) is 116 cm³/mol. The molecule has 0 saturated carbocycles. The largest absolute Gasteiger partial charge is 0.326 e. The standard InChI is InChI=1S/C25H35N/c1-6-9-22(7-2)25-13-12-24(15-20(25)5)19(4)14-18(3)23-11-8-10-21(16-23)17-26/h8,10-11,14-16,22H,3,6-7,9,12-13,17,26H2,1-2,4-5H3/b19-14+. The van der Waals surface area contributed by atoms with Crippen LogP contribution in [0.25, 0.3) is 5.57 Å². The van der Waals surface area contributed by atoms with Gasteiger partial charge in [-0.25, -0.2) is 0 Å². The third kappa shape index (κ3) is 5.08. The summed E-state index contributed by atoms with van der Waals surface area (Å²) in [4.78, 5) is 0. The average molecular weight is 350 g/mol. The summed E-state index contributed by atoms with van der Waals surface area (Å²) in [6, 6.07) is 8.37. The molecule has 26 heavy (non-hydrogen) atoms. The smallest absolute Gasteiger partial charge is 0.0178 e. The van der Waals surface area contributed by atoms with Gasteiger partial charge >= 0.3 is 0 Å². The Morgan fingerprint density at radius 1 is 1.27 bits per heavy atom. The summed E-state index contributed by atoms with van der Waals surface area (Å²) in [5.74, 6) is 0.760. The second-order valence-electron chi connectivity index (χ2n) is 7.53. The minimum absolute atomic E-state index is 0.568. The Labute approximate surface area is 160 Å². The van der Waals surface area contributed by atoms with E-state index in [0.29, 0.717) is 6.54 Å². The van der Waals surface area contributed by atoms with Gasteiger partial charge in [0.1, 0.15) is 0 Å². The van der Waals surface area contributed by atoms with E-state index in [1.165, 1.54) is 42.4 Å². The van der Waals surface area contributed by atoms with Gasteiger partial charge in [-0.3, -0.25) is 0 Å². The molecule has 0 amide bonds. The van der Waals surface area contributed by atoms with Crippen molar-refractivity contribution in [1.29, 1.82) is 0 Å². The molecule has 1 atom stereocenters. The highest BCUT2D eigenvalue weighted by molar-refractivity contribution is 5.74. The van der Waals surface area contributed by atoms with E-state index in [4.69, 9.17) is 5.73 Å². The van der Waals surface area contributed by atoms with Crippen LogP contribution in [0.2, 0.25) is 0 Å². The Balaban J connectivity index is 2.21. The van der Waals surface area contributed by atoms with Crippen LogP contribution in [0.3, 0.4) is 0 Å². The molecule has 1 aliphatic carbocycles. The number of hydrogen-bond acceptors (Lipinski definition) is 1. The maximum atomic E-state index is 5.76. The lowest BCUT2D eigenvalue weighted by Gasteiger charge is -2.25. The molecule has 1 unspecified atom stereocenters. The van der Waals surface area contributed by atoms with Crippen LogP contribution in [0.1, 0.15) is 70.9 Å². The quantitative estimate of drug-likeness (QED) is 0.504. The summed E-state index contributed by atoms with van der Waals surface area (Å²) in [5.41, 5.74) is 15.1. The SMILES string of the molecule is C=C(/C=C(\C)C1=CC(C)=C(C(CC)CCC)CC1)c1cccc(CN)c1. The lowest BCUT2D eigenvalue weighted by molar-refractivity contribution is 0.510. The van der Waals surface area contributed by atoms with Crippen LogP contribution in [-0.2, 0) is 6.54 Å². The average Bonchev–Trinajstić information content (AvgIpc) is 2.66. The summed E-state index contributed by atoms with van der Waals surface area (Å²) >= 11 is 0. The van der Waals surface area contributed by atoms with Crippen LogP contribution in [0, 0.1) is 5.92 Å². The van der Waals surface area contributed by atoms with E-state index in [1.54, 1.807) is 5.57 Å². The van der Waals surface area contributed by atoms with Gasteiger partial charge in [-0.05, 0) is 79.4 Å². The van der Waals surface area contributed by atoms with Crippen LogP contribution in [0.15, 0.2) is 65.3 Å². The minimum atomic E-state index is 0.568. The van der Waals surface area contributed by atoms with Gasteiger partial charge < -0.3 is 5.73 Å². The molecule has 0 aromatic heterocycles. The van der Waals surface area contributed by atoms with Gasteiger partial charge in [0.2, 0.25) is 0 Å². The molecule has 0 fully saturated rings. The van der Waals surface area contributed by atoms with Gasteiger partial charge in [0.15, 0.2) is 0 Å². The fourth-order valence-corrected chi connectivity index (χ4v) is 4.04. The van der Waals surface area contributed by atoms with E-state index < -0.39 is 0 Å². The zero-order chi connectivity index (χ0) is 19.1. The molecule has 1 aromatic carbocycles. The van der Waals surface area contributed by atoms with Crippen molar-refractivity contribution in [2.75, 3.05) is 0 Å². The molecular formula is C25H35N. The fourth-order valence-electron chi connectivity index (χ4n) is 4.04. The van der Waals surface area contributed by atoms with Crippen LogP contribution >= 0.6 is 0 Å². The molecule has 1 aliphatic rings. The molecule has 140 valence electrons. The molecule has 1 nitrogen and oxygen atoms in total. The first-order valence-corrected chi connectivity index (χ1v) is 10.1. The monoisotopic (exact) mass is 349 g/mol. The van der Waals surface area contributed by atoms with Crippen molar-refractivity contribution < 1.29 is 0 Å². The van der Waals surface area contributed by atoms with Crippen molar-refractivity contribution in [2.24, 2.45) is 11.7 Å². The topological polar surface area (TPSA) is 26.0 Å². The molecule has 0 heterocycles. The maximum Gasteiger partial charge on any atom is 0.0178 e. The highest BCUT2D eigenvalue weighted by Crippen LogP contribution is 2.35. The maximum absolute atomic E-state index is 5.76. The molecule has 2 N–H and O–H groups in total. The molecule has 1 aromatic rings. The molecule has 0 saturated heterocycles. The predicted octanol–water partition coefficient (Wildman–Crippen LogP) is 6.97. The van der Waals surface area contributed by atoms with Gasteiger partial charge in [-0.15, -0.1) is 0 Å². The number of benzene rings is 1. The van der Waals surface area contributed by atoms with Crippen molar-refractivity contribution in [3.05, 3.63) is 76.4 Å². The van der Waals surface area contributed by atoms with Gasteiger partial charge in [0.05, 0.1) is 0 Å². The summed E-state index contributed by atoms with van der Waals surface area (Å²) in [6.07, 6.45) is 10.8. The first-order valence-electron chi connectivity index (χ1n) is 10.1. The van der Waals surface area contributed by atoms with Gasteiger partial charge in [0, 0.05) is 6.54 Å². The molecule has 0 radical (unpaired) electrons. The molecule has 0 aliphatic heterocycles. The van der Waals surface area contributed by atoms with E-state index in [9.17, 15) is 0 Å². The lowest BCUT2D eigenvalue weighted by Crippen LogP contribution is -2.09. The molecule has 0 bridgehead atoms.